The highest BCUT2D eigenvalue weighted by atomic mass is 15.2. The first kappa shape index (κ1) is 19.3. The number of piperidine rings is 3. The van der Waals surface area contributed by atoms with E-state index in [0.717, 1.165) is 6.54 Å². The highest BCUT2D eigenvalue weighted by molar-refractivity contribution is 5.94. The van der Waals surface area contributed by atoms with Crippen LogP contribution in [0.15, 0.2) is 89.9 Å². The Labute approximate surface area is 180 Å². The molecule has 3 aliphatic rings. The summed E-state index contributed by atoms with van der Waals surface area (Å²) in [5, 5.41) is 0. The van der Waals surface area contributed by atoms with Gasteiger partial charge in [-0.1, -0.05) is 90.5 Å². The Morgan fingerprint density at radius 1 is 0.800 bits per heavy atom. The molecule has 0 aliphatic carbocycles. The zero-order valence-electron chi connectivity index (χ0n) is 17.7. The van der Waals surface area contributed by atoms with Gasteiger partial charge in [-0.2, -0.15) is 0 Å². The molecule has 2 bridgehead atoms. The fourth-order valence-corrected chi connectivity index (χ4v) is 5.26. The van der Waals surface area contributed by atoms with Gasteiger partial charge < -0.3 is 0 Å². The lowest BCUT2D eigenvalue weighted by Gasteiger charge is -2.49. The van der Waals surface area contributed by atoms with Gasteiger partial charge in [0.1, 0.15) is 0 Å². The number of aliphatic imine (C=N–C) groups is 1. The second-order valence-electron chi connectivity index (χ2n) is 8.78. The van der Waals surface area contributed by atoms with Gasteiger partial charge in [0.2, 0.25) is 0 Å². The predicted octanol–water partition coefficient (Wildman–Crippen LogP) is 5.86. The molecule has 2 heteroatoms. The van der Waals surface area contributed by atoms with Gasteiger partial charge in [-0.25, -0.2) is 0 Å². The Balaban J connectivity index is 1.55. The monoisotopic (exact) mass is 394 g/mol. The molecule has 152 valence electrons. The van der Waals surface area contributed by atoms with Crippen molar-refractivity contribution in [2.75, 3.05) is 13.1 Å². The van der Waals surface area contributed by atoms with Gasteiger partial charge >= 0.3 is 0 Å². The smallest absolute Gasteiger partial charge is 0.0639 e. The van der Waals surface area contributed by atoms with Crippen LogP contribution in [0.4, 0.5) is 0 Å². The van der Waals surface area contributed by atoms with Crippen molar-refractivity contribution in [3.8, 4) is 0 Å². The van der Waals surface area contributed by atoms with Crippen molar-refractivity contribution in [2.24, 2.45) is 10.9 Å². The molecule has 0 saturated carbocycles. The van der Waals surface area contributed by atoms with Crippen molar-refractivity contribution in [2.45, 2.75) is 38.3 Å². The Bertz CT molecular complexity index is 944. The van der Waals surface area contributed by atoms with E-state index >= 15 is 0 Å². The normalized spacial score (nSPS) is 24.5. The van der Waals surface area contributed by atoms with E-state index < -0.39 is 0 Å². The standard InChI is InChI=1S/C28H30N2/c1-21-12-14-22(15-13-21)20-29-27-25-16-18-30(19-17-25)28(27)26(23-8-4-2-5-9-23)24-10-6-3-7-11-24/h2-15,25-26,28H,16-20H2,1H3/t28-/m0/s1. The first-order chi connectivity index (χ1) is 14.8. The van der Waals surface area contributed by atoms with E-state index in [9.17, 15) is 0 Å². The van der Waals surface area contributed by atoms with Gasteiger partial charge in [0.05, 0.1) is 12.6 Å². The molecule has 0 radical (unpaired) electrons. The Morgan fingerprint density at radius 3 is 1.93 bits per heavy atom. The maximum atomic E-state index is 5.29. The van der Waals surface area contributed by atoms with Gasteiger partial charge in [-0.3, -0.25) is 9.89 Å². The number of benzene rings is 3. The summed E-state index contributed by atoms with van der Waals surface area (Å²) in [6.45, 7) is 5.31. The summed E-state index contributed by atoms with van der Waals surface area (Å²) in [6.07, 6.45) is 2.50. The largest absolute Gasteiger partial charge is 0.294 e. The van der Waals surface area contributed by atoms with Gasteiger partial charge in [0.25, 0.3) is 0 Å². The van der Waals surface area contributed by atoms with Crippen LogP contribution < -0.4 is 0 Å². The number of hydrogen-bond acceptors (Lipinski definition) is 2. The van der Waals surface area contributed by atoms with Gasteiger partial charge in [0.15, 0.2) is 0 Å². The minimum Gasteiger partial charge on any atom is -0.294 e. The summed E-state index contributed by atoms with van der Waals surface area (Å²) < 4.78 is 0. The maximum absolute atomic E-state index is 5.29. The van der Waals surface area contributed by atoms with E-state index in [-0.39, 0.29) is 0 Å². The third-order valence-electron chi connectivity index (χ3n) is 6.84. The van der Waals surface area contributed by atoms with Crippen molar-refractivity contribution >= 4 is 5.71 Å². The van der Waals surface area contributed by atoms with Crippen LogP contribution in [0.3, 0.4) is 0 Å². The van der Waals surface area contributed by atoms with Crippen LogP contribution in [-0.4, -0.2) is 29.7 Å². The molecule has 3 aliphatic heterocycles. The van der Waals surface area contributed by atoms with Crippen LogP contribution in [0, 0.1) is 12.8 Å². The molecule has 0 aromatic heterocycles. The Kier molecular flexibility index (Phi) is 5.50. The first-order valence-electron chi connectivity index (χ1n) is 11.2. The number of rotatable bonds is 5. The van der Waals surface area contributed by atoms with E-state index in [1.54, 1.807) is 0 Å². The molecule has 0 spiro atoms. The summed E-state index contributed by atoms with van der Waals surface area (Å²) in [6, 6.07) is 31.3. The van der Waals surface area contributed by atoms with Crippen LogP contribution in [0.1, 0.15) is 41.0 Å². The Morgan fingerprint density at radius 2 is 1.37 bits per heavy atom. The fraction of sp³-hybridized carbons (Fsp3) is 0.321. The Hall–Kier alpha value is -2.71. The summed E-state index contributed by atoms with van der Waals surface area (Å²) in [4.78, 5) is 7.99. The molecule has 3 saturated heterocycles. The second-order valence-corrected chi connectivity index (χ2v) is 8.78. The zero-order valence-corrected chi connectivity index (χ0v) is 17.7. The number of nitrogens with zero attached hydrogens (tertiary/aromatic N) is 2. The van der Waals surface area contributed by atoms with Crippen molar-refractivity contribution in [3.05, 3.63) is 107 Å². The van der Waals surface area contributed by atoms with E-state index in [1.807, 2.05) is 0 Å². The zero-order chi connectivity index (χ0) is 20.3. The van der Waals surface area contributed by atoms with Gasteiger partial charge in [-0.05, 0) is 49.5 Å². The fourth-order valence-electron chi connectivity index (χ4n) is 5.26. The predicted molar refractivity (Wildman–Crippen MR) is 125 cm³/mol. The average Bonchev–Trinajstić information content (AvgIpc) is 2.82. The molecular formula is C28H30N2. The van der Waals surface area contributed by atoms with Crippen molar-refractivity contribution in [1.82, 2.24) is 4.90 Å². The molecular weight excluding hydrogens is 364 g/mol. The molecule has 3 aromatic carbocycles. The SMILES string of the molecule is Cc1ccc(CN=C2C3CCN(CC3)[C@H]2C(c2ccccc2)c2ccccc2)cc1. The number of hydrogen-bond donors (Lipinski definition) is 0. The average molecular weight is 395 g/mol. The summed E-state index contributed by atoms with van der Waals surface area (Å²) in [5.41, 5.74) is 6.82. The van der Waals surface area contributed by atoms with E-state index in [1.165, 1.54) is 53.9 Å². The van der Waals surface area contributed by atoms with Crippen molar-refractivity contribution in [1.29, 1.82) is 0 Å². The summed E-state index contributed by atoms with van der Waals surface area (Å²) in [7, 11) is 0. The van der Waals surface area contributed by atoms with Gasteiger partial charge in [0, 0.05) is 17.5 Å². The molecule has 0 N–H and O–H groups in total. The molecule has 30 heavy (non-hydrogen) atoms. The van der Waals surface area contributed by atoms with Crippen molar-refractivity contribution < 1.29 is 0 Å². The first-order valence-corrected chi connectivity index (χ1v) is 11.2. The minimum atomic E-state index is 0.326. The van der Waals surface area contributed by atoms with Crippen LogP contribution in [0.5, 0.6) is 0 Å². The van der Waals surface area contributed by atoms with E-state index in [0.29, 0.717) is 17.9 Å². The molecule has 3 aromatic rings. The molecule has 2 nitrogen and oxygen atoms in total. The lowest BCUT2D eigenvalue weighted by atomic mass is 9.72. The van der Waals surface area contributed by atoms with Crippen LogP contribution in [0.2, 0.25) is 0 Å². The van der Waals surface area contributed by atoms with Crippen molar-refractivity contribution in [3.63, 3.8) is 0 Å². The third kappa shape index (κ3) is 3.85. The third-order valence-corrected chi connectivity index (χ3v) is 6.84. The minimum absolute atomic E-state index is 0.326. The molecule has 0 amide bonds. The second kappa shape index (κ2) is 8.57. The van der Waals surface area contributed by atoms with Crippen LogP contribution >= 0.6 is 0 Å². The highest BCUT2D eigenvalue weighted by Gasteiger charge is 2.43. The van der Waals surface area contributed by atoms with Crippen LogP contribution in [0.25, 0.3) is 0 Å². The lowest BCUT2D eigenvalue weighted by molar-refractivity contribution is 0.135. The highest BCUT2D eigenvalue weighted by Crippen LogP contribution is 2.40. The number of fused-ring (bicyclic) bond motifs is 3. The molecule has 3 heterocycles. The summed E-state index contributed by atoms with van der Waals surface area (Å²) >= 11 is 0. The quantitative estimate of drug-likeness (QED) is 0.529. The molecule has 6 rings (SSSR count). The topological polar surface area (TPSA) is 15.6 Å². The molecule has 3 fully saturated rings. The lowest BCUT2D eigenvalue weighted by Crippen LogP contribution is -2.58. The van der Waals surface area contributed by atoms with E-state index in [2.05, 4.69) is 96.8 Å². The summed E-state index contributed by atoms with van der Waals surface area (Å²) in [5.74, 6) is 0.952. The van der Waals surface area contributed by atoms with E-state index in [4.69, 9.17) is 4.99 Å². The van der Waals surface area contributed by atoms with Gasteiger partial charge in [-0.15, -0.1) is 0 Å². The maximum Gasteiger partial charge on any atom is 0.0639 e. The molecule has 0 unspecified atom stereocenters. The van der Waals surface area contributed by atoms with Crippen LogP contribution in [-0.2, 0) is 6.54 Å². The number of aryl methyl sites for hydroxylation is 1. The molecule has 1 atom stereocenters.